The molecule has 6 nitrogen and oxygen atoms in total. The highest BCUT2D eigenvalue weighted by atomic mass is 127. The molecule has 29 heavy (non-hydrogen) atoms. The van der Waals surface area contributed by atoms with Crippen molar-refractivity contribution in [2.45, 2.75) is 44.9 Å². The van der Waals surface area contributed by atoms with Crippen molar-refractivity contribution in [2.75, 3.05) is 33.2 Å². The van der Waals surface area contributed by atoms with E-state index in [1.165, 1.54) is 10.5 Å². The SMILES string of the molecule is CCC1CN(C(=NC)NCCN2C(=O)CCCC2=O)CCC1c1ccccc1.I. The summed E-state index contributed by atoms with van der Waals surface area (Å²) >= 11 is 0. The van der Waals surface area contributed by atoms with E-state index in [0.29, 0.717) is 44.2 Å². The maximum atomic E-state index is 11.9. The van der Waals surface area contributed by atoms with Gasteiger partial charge in [0.15, 0.2) is 5.96 Å². The molecule has 2 saturated heterocycles. The highest BCUT2D eigenvalue weighted by Gasteiger charge is 2.31. The first-order chi connectivity index (χ1) is 13.6. The van der Waals surface area contributed by atoms with Crippen molar-refractivity contribution in [3.05, 3.63) is 35.9 Å². The normalized spacial score (nSPS) is 23.0. The number of rotatable bonds is 5. The van der Waals surface area contributed by atoms with Gasteiger partial charge in [0.2, 0.25) is 11.8 Å². The Labute approximate surface area is 191 Å². The van der Waals surface area contributed by atoms with Gasteiger partial charge in [-0.2, -0.15) is 0 Å². The van der Waals surface area contributed by atoms with Gasteiger partial charge in [0.1, 0.15) is 0 Å². The molecule has 7 heteroatoms. The van der Waals surface area contributed by atoms with Gasteiger partial charge in [-0.25, -0.2) is 0 Å². The number of aliphatic imine (C=N–C) groups is 1. The number of imide groups is 1. The number of nitrogens with one attached hydrogen (secondary N) is 1. The number of nitrogens with zero attached hydrogens (tertiary/aromatic N) is 3. The highest BCUT2D eigenvalue weighted by molar-refractivity contribution is 14.0. The quantitative estimate of drug-likeness (QED) is 0.285. The van der Waals surface area contributed by atoms with E-state index in [0.717, 1.165) is 31.9 Å². The maximum Gasteiger partial charge on any atom is 0.229 e. The number of carbonyl (C=O) groups excluding carboxylic acids is 2. The van der Waals surface area contributed by atoms with E-state index in [9.17, 15) is 9.59 Å². The van der Waals surface area contributed by atoms with Crippen LogP contribution in [0.4, 0.5) is 0 Å². The number of halogens is 1. The van der Waals surface area contributed by atoms with E-state index < -0.39 is 0 Å². The Balaban J connectivity index is 0.00000300. The largest absolute Gasteiger partial charge is 0.354 e. The van der Waals surface area contributed by atoms with Crippen LogP contribution in [0.25, 0.3) is 0 Å². The van der Waals surface area contributed by atoms with E-state index in [-0.39, 0.29) is 35.8 Å². The standard InChI is InChI=1S/C22H32N4O2.HI/c1-3-17-16-25(14-12-19(17)18-8-5-4-6-9-18)22(23-2)24-13-15-26-20(27)10-7-11-21(26)28;/h4-6,8-9,17,19H,3,7,10-16H2,1-2H3,(H,23,24);1H. The van der Waals surface area contributed by atoms with Gasteiger partial charge in [0, 0.05) is 46.1 Å². The summed E-state index contributed by atoms with van der Waals surface area (Å²) in [6, 6.07) is 10.8. The minimum Gasteiger partial charge on any atom is -0.354 e. The predicted molar refractivity (Wildman–Crippen MR) is 127 cm³/mol. The van der Waals surface area contributed by atoms with Crippen LogP contribution in [0.1, 0.15) is 50.5 Å². The van der Waals surface area contributed by atoms with Crippen LogP contribution in [0, 0.1) is 5.92 Å². The molecule has 2 amide bonds. The molecule has 2 heterocycles. The van der Waals surface area contributed by atoms with Crippen molar-refractivity contribution in [1.29, 1.82) is 0 Å². The van der Waals surface area contributed by atoms with Crippen LogP contribution < -0.4 is 5.32 Å². The second kappa shape index (κ2) is 11.5. The Kier molecular flexibility index (Phi) is 9.39. The summed E-state index contributed by atoms with van der Waals surface area (Å²) in [5.41, 5.74) is 1.43. The van der Waals surface area contributed by atoms with Crippen molar-refractivity contribution in [3.8, 4) is 0 Å². The molecule has 2 unspecified atom stereocenters. The molecule has 0 bridgehead atoms. The van der Waals surface area contributed by atoms with Gasteiger partial charge in [-0.15, -0.1) is 24.0 Å². The van der Waals surface area contributed by atoms with E-state index in [4.69, 9.17) is 0 Å². The third-order valence-electron chi connectivity index (χ3n) is 6.00. The highest BCUT2D eigenvalue weighted by Crippen LogP contribution is 2.34. The van der Waals surface area contributed by atoms with Gasteiger partial charge in [-0.05, 0) is 30.2 Å². The molecule has 0 saturated carbocycles. The number of benzene rings is 1. The Bertz CT molecular complexity index is 694. The van der Waals surface area contributed by atoms with E-state index >= 15 is 0 Å². The number of hydrogen-bond donors (Lipinski definition) is 1. The molecule has 2 atom stereocenters. The van der Waals surface area contributed by atoms with E-state index in [1.807, 2.05) is 0 Å². The van der Waals surface area contributed by atoms with Crippen LogP contribution >= 0.6 is 24.0 Å². The molecule has 2 aliphatic rings. The van der Waals surface area contributed by atoms with E-state index in [1.54, 1.807) is 7.05 Å². The second-order valence-corrected chi connectivity index (χ2v) is 7.69. The molecule has 0 radical (unpaired) electrons. The average molecular weight is 512 g/mol. The lowest BCUT2D eigenvalue weighted by Gasteiger charge is -2.40. The third-order valence-corrected chi connectivity index (χ3v) is 6.00. The summed E-state index contributed by atoms with van der Waals surface area (Å²) in [4.78, 5) is 32.0. The molecule has 2 fully saturated rings. The number of amides is 2. The molecule has 1 aromatic rings. The molecule has 2 aliphatic heterocycles. The number of piperidine rings is 2. The summed E-state index contributed by atoms with van der Waals surface area (Å²) in [6.07, 6.45) is 3.87. The lowest BCUT2D eigenvalue weighted by atomic mass is 9.79. The zero-order valence-electron chi connectivity index (χ0n) is 17.5. The van der Waals surface area contributed by atoms with Crippen LogP contribution in [0.15, 0.2) is 35.3 Å². The first-order valence-corrected chi connectivity index (χ1v) is 10.5. The minimum absolute atomic E-state index is 0. The Hall–Kier alpha value is -1.64. The van der Waals surface area contributed by atoms with Crippen LogP contribution in [0.3, 0.4) is 0 Å². The number of hydrogen-bond acceptors (Lipinski definition) is 3. The van der Waals surface area contributed by atoms with Gasteiger partial charge >= 0.3 is 0 Å². The fraction of sp³-hybridized carbons (Fsp3) is 0.591. The van der Waals surface area contributed by atoms with Crippen molar-refractivity contribution >= 4 is 41.8 Å². The molecule has 0 aliphatic carbocycles. The lowest BCUT2D eigenvalue weighted by Crippen LogP contribution is -2.51. The molecular formula is C22H33IN4O2. The van der Waals surface area contributed by atoms with Crippen molar-refractivity contribution in [1.82, 2.24) is 15.1 Å². The van der Waals surface area contributed by atoms with E-state index in [2.05, 4.69) is 52.5 Å². The van der Waals surface area contributed by atoms with Crippen molar-refractivity contribution in [3.63, 3.8) is 0 Å². The fourth-order valence-electron chi connectivity index (χ4n) is 4.44. The van der Waals surface area contributed by atoms with Crippen LogP contribution in [0.2, 0.25) is 0 Å². The van der Waals surface area contributed by atoms with Gasteiger partial charge in [0.25, 0.3) is 0 Å². The predicted octanol–water partition coefficient (Wildman–Crippen LogP) is 3.23. The molecule has 3 rings (SSSR count). The summed E-state index contributed by atoms with van der Waals surface area (Å²) in [7, 11) is 1.80. The Morgan fingerprint density at radius 3 is 2.48 bits per heavy atom. The van der Waals surface area contributed by atoms with Crippen LogP contribution in [-0.2, 0) is 9.59 Å². The van der Waals surface area contributed by atoms with Crippen molar-refractivity contribution < 1.29 is 9.59 Å². The first-order valence-electron chi connectivity index (χ1n) is 10.5. The zero-order valence-corrected chi connectivity index (χ0v) is 19.8. The number of guanidine groups is 1. The van der Waals surface area contributed by atoms with Gasteiger partial charge in [-0.3, -0.25) is 19.5 Å². The zero-order chi connectivity index (χ0) is 19.9. The third kappa shape index (κ3) is 5.93. The lowest BCUT2D eigenvalue weighted by molar-refractivity contribution is -0.147. The van der Waals surface area contributed by atoms with Gasteiger partial charge in [0.05, 0.1) is 0 Å². The fourth-order valence-corrected chi connectivity index (χ4v) is 4.44. The summed E-state index contributed by atoms with van der Waals surface area (Å²) < 4.78 is 0. The Morgan fingerprint density at radius 2 is 1.86 bits per heavy atom. The topological polar surface area (TPSA) is 65.0 Å². The Morgan fingerprint density at radius 1 is 1.17 bits per heavy atom. The number of carbonyl (C=O) groups is 2. The smallest absolute Gasteiger partial charge is 0.229 e. The van der Waals surface area contributed by atoms with Gasteiger partial charge in [-0.1, -0.05) is 43.7 Å². The minimum atomic E-state index is -0.0530. The summed E-state index contributed by atoms with van der Waals surface area (Å²) in [5, 5.41) is 3.36. The summed E-state index contributed by atoms with van der Waals surface area (Å²) in [5.74, 6) is 1.93. The molecule has 0 spiro atoms. The maximum absolute atomic E-state index is 11.9. The van der Waals surface area contributed by atoms with Crippen molar-refractivity contribution in [2.24, 2.45) is 10.9 Å². The molecule has 1 N–H and O–H groups in total. The number of likely N-dealkylation sites (tertiary alicyclic amines) is 2. The first kappa shape index (κ1) is 23.6. The molecular weight excluding hydrogens is 479 g/mol. The second-order valence-electron chi connectivity index (χ2n) is 7.69. The molecule has 1 aromatic carbocycles. The van der Waals surface area contributed by atoms with Gasteiger partial charge < -0.3 is 10.2 Å². The van der Waals surface area contributed by atoms with Crippen LogP contribution in [0.5, 0.6) is 0 Å². The monoisotopic (exact) mass is 512 g/mol. The molecule has 160 valence electrons. The van der Waals surface area contributed by atoms with Crippen LogP contribution in [-0.4, -0.2) is 60.8 Å². The average Bonchev–Trinajstić information content (AvgIpc) is 2.73. The molecule has 0 aromatic heterocycles. The summed E-state index contributed by atoms with van der Waals surface area (Å²) in [6.45, 7) is 5.14.